The van der Waals surface area contributed by atoms with Gasteiger partial charge >= 0.3 is 6.18 Å². The molecule has 2 atom stereocenters. The fourth-order valence-corrected chi connectivity index (χ4v) is 3.44. The molecule has 27 heavy (non-hydrogen) atoms. The Balaban J connectivity index is 2.29. The Hall–Kier alpha value is -1.44. The second-order valence-electron chi connectivity index (χ2n) is 7.90. The summed E-state index contributed by atoms with van der Waals surface area (Å²) in [5, 5.41) is -0.0208. The Morgan fingerprint density at radius 1 is 1.37 bits per heavy atom. The zero-order valence-corrected chi connectivity index (χ0v) is 16.7. The maximum absolute atomic E-state index is 13.8. The van der Waals surface area contributed by atoms with Crippen LogP contribution in [0.1, 0.15) is 46.2 Å². The molecule has 0 aromatic carbocycles. The SMILES string of the molecule is CC(C)C[C@](C)(N)COC1(C)CC=C(c2ccnc(Cl)n2)C=C1C(F)(F)F. The molecule has 4 nitrogen and oxygen atoms in total. The van der Waals surface area contributed by atoms with Gasteiger partial charge in [-0.05, 0) is 61.9 Å². The molecule has 0 saturated carbocycles. The van der Waals surface area contributed by atoms with Crippen LogP contribution in [-0.2, 0) is 4.74 Å². The minimum atomic E-state index is -4.55. The summed E-state index contributed by atoms with van der Waals surface area (Å²) in [5.74, 6) is 0.314. The number of hydrogen-bond acceptors (Lipinski definition) is 4. The Bertz CT molecular complexity index is 744. The molecule has 150 valence electrons. The molecule has 0 radical (unpaired) electrons. The lowest BCUT2D eigenvalue weighted by atomic mass is 9.83. The molecule has 1 aromatic heterocycles. The van der Waals surface area contributed by atoms with Gasteiger partial charge in [0.25, 0.3) is 0 Å². The van der Waals surface area contributed by atoms with E-state index in [1.807, 2.05) is 13.8 Å². The molecule has 0 aliphatic heterocycles. The van der Waals surface area contributed by atoms with E-state index in [2.05, 4.69) is 9.97 Å². The third-order valence-electron chi connectivity index (χ3n) is 4.40. The third-order valence-corrected chi connectivity index (χ3v) is 4.59. The smallest absolute Gasteiger partial charge is 0.368 e. The topological polar surface area (TPSA) is 61.0 Å². The summed E-state index contributed by atoms with van der Waals surface area (Å²) in [7, 11) is 0. The van der Waals surface area contributed by atoms with Gasteiger partial charge in [-0.2, -0.15) is 13.2 Å². The van der Waals surface area contributed by atoms with Gasteiger partial charge in [0, 0.05) is 11.7 Å². The van der Waals surface area contributed by atoms with Gasteiger partial charge in [-0.3, -0.25) is 0 Å². The van der Waals surface area contributed by atoms with Gasteiger partial charge in [0.1, 0.15) is 0 Å². The first kappa shape index (κ1) is 21.9. The van der Waals surface area contributed by atoms with Gasteiger partial charge < -0.3 is 10.5 Å². The monoisotopic (exact) mass is 403 g/mol. The van der Waals surface area contributed by atoms with Crippen molar-refractivity contribution >= 4 is 17.2 Å². The van der Waals surface area contributed by atoms with E-state index in [0.29, 0.717) is 23.6 Å². The van der Waals surface area contributed by atoms with Crippen molar-refractivity contribution in [2.45, 2.75) is 57.9 Å². The maximum Gasteiger partial charge on any atom is 0.415 e. The molecule has 0 amide bonds. The van der Waals surface area contributed by atoms with Gasteiger partial charge in [-0.25, -0.2) is 9.97 Å². The van der Waals surface area contributed by atoms with Crippen LogP contribution in [0.25, 0.3) is 5.57 Å². The van der Waals surface area contributed by atoms with Crippen molar-refractivity contribution in [3.63, 3.8) is 0 Å². The van der Waals surface area contributed by atoms with E-state index in [9.17, 15) is 13.2 Å². The molecular weight excluding hydrogens is 379 g/mol. The quantitative estimate of drug-likeness (QED) is 0.683. The van der Waals surface area contributed by atoms with Gasteiger partial charge in [-0.15, -0.1) is 0 Å². The van der Waals surface area contributed by atoms with Crippen LogP contribution < -0.4 is 5.73 Å². The summed E-state index contributed by atoms with van der Waals surface area (Å²) < 4.78 is 47.1. The lowest BCUT2D eigenvalue weighted by Gasteiger charge is -2.38. The van der Waals surface area contributed by atoms with Crippen LogP contribution in [0, 0.1) is 5.92 Å². The Morgan fingerprint density at radius 3 is 2.59 bits per heavy atom. The van der Waals surface area contributed by atoms with Gasteiger partial charge in [0.2, 0.25) is 5.28 Å². The largest absolute Gasteiger partial charge is 0.415 e. The molecule has 1 aliphatic carbocycles. The summed E-state index contributed by atoms with van der Waals surface area (Å²) in [4.78, 5) is 7.75. The lowest BCUT2D eigenvalue weighted by Crippen LogP contribution is -2.48. The average molecular weight is 404 g/mol. The minimum absolute atomic E-state index is 0.0208. The second-order valence-corrected chi connectivity index (χ2v) is 8.24. The number of halogens is 4. The van der Waals surface area contributed by atoms with E-state index in [4.69, 9.17) is 22.1 Å². The van der Waals surface area contributed by atoms with Crippen molar-refractivity contribution in [2.24, 2.45) is 11.7 Å². The maximum atomic E-state index is 13.8. The van der Waals surface area contributed by atoms with E-state index >= 15 is 0 Å². The highest BCUT2D eigenvalue weighted by molar-refractivity contribution is 6.28. The number of aromatic nitrogens is 2. The highest BCUT2D eigenvalue weighted by Gasteiger charge is 2.48. The normalized spacial score (nSPS) is 23.0. The van der Waals surface area contributed by atoms with Crippen molar-refractivity contribution in [1.29, 1.82) is 0 Å². The molecule has 0 spiro atoms. The Labute approximate surface area is 162 Å². The summed E-state index contributed by atoms with van der Waals surface area (Å²) >= 11 is 5.76. The molecule has 1 aliphatic rings. The number of rotatable bonds is 6. The van der Waals surface area contributed by atoms with Crippen molar-refractivity contribution in [3.8, 4) is 0 Å². The number of alkyl halides is 3. The fraction of sp³-hybridized carbons (Fsp3) is 0.579. The molecule has 1 unspecified atom stereocenters. The number of nitrogens with two attached hydrogens (primary N) is 1. The summed E-state index contributed by atoms with van der Waals surface area (Å²) in [6, 6.07) is 1.52. The van der Waals surface area contributed by atoms with Crippen LogP contribution in [0.2, 0.25) is 5.28 Å². The van der Waals surface area contributed by atoms with Crippen molar-refractivity contribution in [3.05, 3.63) is 41.0 Å². The highest BCUT2D eigenvalue weighted by Crippen LogP contribution is 2.43. The van der Waals surface area contributed by atoms with Crippen molar-refractivity contribution in [1.82, 2.24) is 9.97 Å². The first-order chi connectivity index (χ1) is 12.3. The molecule has 0 fully saturated rings. The van der Waals surface area contributed by atoms with E-state index in [1.165, 1.54) is 19.2 Å². The average Bonchev–Trinajstić information content (AvgIpc) is 2.51. The summed E-state index contributed by atoms with van der Waals surface area (Å²) in [6.07, 6.45) is 0.293. The van der Waals surface area contributed by atoms with Crippen molar-refractivity contribution in [2.75, 3.05) is 6.61 Å². The summed E-state index contributed by atoms with van der Waals surface area (Å²) in [6.45, 7) is 7.28. The fourth-order valence-electron chi connectivity index (χ4n) is 3.29. The molecule has 1 aromatic rings. The number of nitrogens with zero attached hydrogens (tertiary/aromatic N) is 2. The predicted octanol–water partition coefficient (Wildman–Crippen LogP) is 4.94. The van der Waals surface area contributed by atoms with Crippen LogP contribution in [-0.4, -0.2) is 33.9 Å². The van der Waals surface area contributed by atoms with E-state index in [-0.39, 0.29) is 18.3 Å². The Kier molecular flexibility index (Phi) is 6.39. The van der Waals surface area contributed by atoms with Crippen LogP contribution >= 0.6 is 11.6 Å². The standard InChI is InChI=1S/C19H25ClF3N3O/c1-12(2)10-17(3,24)11-27-18(4)7-5-13(9-15(18)19(21,22)23)14-6-8-25-16(20)26-14/h5-6,8-9,12H,7,10-11,24H2,1-4H3/t17-,18?/m0/s1. The number of ether oxygens (including phenoxy) is 1. The zero-order chi connectivity index (χ0) is 20.5. The van der Waals surface area contributed by atoms with Crippen molar-refractivity contribution < 1.29 is 17.9 Å². The van der Waals surface area contributed by atoms with Gasteiger partial charge in [0.05, 0.1) is 23.5 Å². The van der Waals surface area contributed by atoms with Gasteiger partial charge in [-0.1, -0.05) is 19.9 Å². The van der Waals surface area contributed by atoms with Crippen LogP contribution in [0.4, 0.5) is 13.2 Å². The first-order valence-corrected chi connectivity index (χ1v) is 9.11. The lowest BCUT2D eigenvalue weighted by molar-refractivity contribution is -0.134. The first-order valence-electron chi connectivity index (χ1n) is 8.74. The van der Waals surface area contributed by atoms with E-state index in [1.54, 1.807) is 13.0 Å². The number of allylic oxidation sites excluding steroid dienone is 2. The highest BCUT2D eigenvalue weighted by atomic mass is 35.5. The van der Waals surface area contributed by atoms with E-state index < -0.39 is 22.9 Å². The molecule has 8 heteroatoms. The van der Waals surface area contributed by atoms with E-state index in [0.717, 1.165) is 6.08 Å². The van der Waals surface area contributed by atoms with Crippen LogP contribution in [0.3, 0.4) is 0 Å². The molecule has 2 N–H and O–H groups in total. The molecule has 2 rings (SSSR count). The molecule has 0 bridgehead atoms. The predicted molar refractivity (Wildman–Crippen MR) is 100 cm³/mol. The van der Waals surface area contributed by atoms with Crippen LogP contribution in [0.5, 0.6) is 0 Å². The van der Waals surface area contributed by atoms with Crippen LogP contribution in [0.15, 0.2) is 30.0 Å². The minimum Gasteiger partial charge on any atom is -0.368 e. The summed E-state index contributed by atoms with van der Waals surface area (Å²) in [5.41, 5.74) is 3.89. The zero-order valence-electron chi connectivity index (χ0n) is 15.9. The Morgan fingerprint density at radius 2 is 2.04 bits per heavy atom. The molecule has 1 heterocycles. The third kappa shape index (κ3) is 5.77. The number of hydrogen-bond donors (Lipinski definition) is 1. The second kappa shape index (κ2) is 7.89. The molecular formula is C19H25ClF3N3O. The van der Waals surface area contributed by atoms with Gasteiger partial charge in [0.15, 0.2) is 0 Å². The molecule has 0 saturated heterocycles.